The highest BCUT2D eigenvalue weighted by molar-refractivity contribution is 6.33. The first-order valence-corrected chi connectivity index (χ1v) is 10.2. The van der Waals surface area contributed by atoms with Crippen LogP contribution in [0.15, 0.2) is 22.7 Å². The fraction of sp³-hybridized carbons (Fsp3) is 0.545. The Labute approximate surface area is 166 Å². The molecule has 1 aliphatic carbocycles. The SMILES string of the molecule is CC(CC(=O)Nc1cc(-c2onc3c2CCCC3)ccc1Cl)CC(C)(C)C. The summed E-state index contributed by atoms with van der Waals surface area (Å²) < 4.78 is 5.62. The molecule has 0 fully saturated rings. The molecule has 0 radical (unpaired) electrons. The zero-order valence-corrected chi connectivity index (χ0v) is 17.4. The normalized spacial score (nSPS) is 15.3. The van der Waals surface area contributed by atoms with E-state index >= 15 is 0 Å². The number of hydrogen-bond donors (Lipinski definition) is 1. The third-order valence-corrected chi connectivity index (χ3v) is 5.29. The molecule has 0 spiro atoms. The van der Waals surface area contributed by atoms with Gasteiger partial charge in [-0.3, -0.25) is 4.79 Å². The summed E-state index contributed by atoms with van der Waals surface area (Å²) in [7, 11) is 0. The Kier molecular flexibility index (Phi) is 5.95. The molecule has 1 aromatic carbocycles. The van der Waals surface area contributed by atoms with E-state index in [9.17, 15) is 4.79 Å². The second-order valence-corrected chi connectivity index (χ2v) is 9.37. The van der Waals surface area contributed by atoms with Crippen molar-refractivity contribution in [3.8, 4) is 11.3 Å². The van der Waals surface area contributed by atoms with Gasteiger partial charge in [-0.25, -0.2) is 0 Å². The summed E-state index contributed by atoms with van der Waals surface area (Å²) in [4.78, 5) is 12.5. The number of benzene rings is 1. The predicted molar refractivity (Wildman–Crippen MR) is 110 cm³/mol. The highest BCUT2D eigenvalue weighted by atomic mass is 35.5. The van der Waals surface area contributed by atoms with Crippen molar-refractivity contribution in [1.82, 2.24) is 5.16 Å². The summed E-state index contributed by atoms with van der Waals surface area (Å²) in [6, 6.07) is 5.63. The van der Waals surface area contributed by atoms with Crippen LogP contribution in [0.4, 0.5) is 5.69 Å². The standard InChI is InChI=1S/C22H29ClN2O2/c1-14(13-22(2,3)4)11-20(26)24-19-12-15(9-10-17(19)23)21-16-7-5-6-8-18(16)25-27-21/h9-10,12,14H,5-8,11,13H2,1-4H3,(H,24,26). The smallest absolute Gasteiger partial charge is 0.224 e. The number of aryl methyl sites for hydroxylation is 1. The van der Waals surface area contributed by atoms with E-state index in [1.165, 1.54) is 5.56 Å². The molecule has 0 saturated carbocycles. The van der Waals surface area contributed by atoms with Crippen LogP contribution in [0.2, 0.25) is 5.02 Å². The Bertz CT molecular complexity index is 820. The second kappa shape index (κ2) is 8.05. The third kappa shape index (κ3) is 5.13. The maximum absolute atomic E-state index is 12.5. The molecule has 5 heteroatoms. The quantitative estimate of drug-likeness (QED) is 0.656. The van der Waals surface area contributed by atoms with Gasteiger partial charge >= 0.3 is 0 Å². The van der Waals surface area contributed by atoms with Gasteiger partial charge in [0.1, 0.15) is 0 Å². The molecule has 27 heavy (non-hydrogen) atoms. The summed E-state index contributed by atoms with van der Waals surface area (Å²) in [6.07, 6.45) is 5.76. The number of fused-ring (bicyclic) bond motifs is 1. The van der Waals surface area contributed by atoms with Crippen LogP contribution in [0.5, 0.6) is 0 Å². The lowest BCUT2D eigenvalue weighted by atomic mass is 9.84. The highest BCUT2D eigenvalue weighted by Gasteiger charge is 2.22. The Morgan fingerprint density at radius 2 is 2.04 bits per heavy atom. The van der Waals surface area contributed by atoms with Gasteiger partial charge in [-0.2, -0.15) is 0 Å². The van der Waals surface area contributed by atoms with E-state index in [-0.39, 0.29) is 11.3 Å². The van der Waals surface area contributed by atoms with Crippen molar-refractivity contribution in [1.29, 1.82) is 0 Å². The maximum atomic E-state index is 12.5. The van der Waals surface area contributed by atoms with Gasteiger partial charge in [0, 0.05) is 17.5 Å². The number of rotatable bonds is 5. The van der Waals surface area contributed by atoms with Crippen molar-refractivity contribution in [3.63, 3.8) is 0 Å². The van der Waals surface area contributed by atoms with Crippen molar-refractivity contribution in [2.75, 3.05) is 5.32 Å². The number of halogens is 1. The minimum atomic E-state index is -0.00889. The van der Waals surface area contributed by atoms with E-state index in [0.29, 0.717) is 23.0 Å². The molecule has 0 aliphatic heterocycles. The van der Waals surface area contributed by atoms with E-state index in [0.717, 1.165) is 49.1 Å². The zero-order chi connectivity index (χ0) is 19.6. The monoisotopic (exact) mass is 388 g/mol. The number of hydrogen-bond acceptors (Lipinski definition) is 3. The summed E-state index contributed by atoms with van der Waals surface area (Å²) in [6.45, 7) is 8.70. The van der Waals surface area contributed by atoms with Gasteiger partial charge < -0.3 is 9.84 Å². The number of nitrogens with one attached hydrogen (secondary N) is 1. The molecular weight excluding hydrogens is 360 g/mol. The molecule has 1 amide bonds. The molecule has 4 nitrogen and oxygen atoms in total. The van der Waals surface area contributed by atoms with Crippen LogP contribution in [-0.4, -0.2) is 11.1 Å². The number of carbonyl (C=O) groups is 1. The van der Waals surface area contributed by atoms with Gasteiger partial charge in [0.25, 0.3) is 0 Å². The van der Waals surface area contributed by atoms with Gasteiger partial charge in [-0.05, 0) is 61.6 Å². The minimum absolute atomic E-state index is 0.00889. The first-order valence-electron chi connectivity index (χ1n) is 9.80. The van der Waals surface area contributed by atoms with E-state index < -0.39 is 0 Å². The fourth-order valence-corrected chi connectivity index (χ4v) is 4.18. The van der Waals surface area contributed by atoms with E-state index in [1.54, 1.807) is 0 Å². The largest absolute Gasteiger partial charge is 0.356 e. The first-order chi connectivity index (χ1) is 12.7. The fourth-order valence-electron chi connectivity index (χ4n) is 4.02. The summed E-state index contributed by atoms with van der Waals surface area (Å²) in [5.74, 6) is 1.11. The molecule has 1 aromatic heterocycles. The van der Waals surface area contributed by atoms with E-state index in [2.05, 4.69) is 38.2 Å². The molecule has 1 unspecified atom stereocenters. The van der Waals surface area contributed by atoms with Crippen molar-refractivity contribution in [2.24, 2.45) is 11.3 Å². The van der Waals surface area contributed by atoms with Crippen LogP contribution in [-0.2, 0) is 17.6 Å². The van der Waals surface area contributed by atoms with Crippen LogP contribution in [0.25, 0.3) is 11.3 Å². The minimum Gasteiger partial charge on any atom is -0.356 e. The van der Waals surface area contributed by atoms with Crippen LogP contribution in [0.1, 0.15) is 64.6 Å². The lowest BCUT2D eigenvalue weighted by molar-refractivity contribution is -0.117. The van der Waals surface area contributed by atoms with E-state index in [4.69, 9.17) is 16.1 Å². The van der Waals surface area contributed by atoms with E-state index in [1.807, 2.05) is 18.2 Å². The molecule has 1 N–H and O–H groups in total. The summed E-state index contributed by atoms with van der Waals surface area (Å²) >= 11 is 6.33. The van der Waals surface area contributed by atoms with Crippen LogP contribution >= 0.6 is 11.6 Å². The third-order valence-electron chi connectivity index (χ3n) is 4.96. The Balaban J connectivity index is 1.74. The summed E-state index contributed by atoms with van der Waals surface area (Å²) in [5, 5.41) is 7.73. The molecule has 2 aromatic rings. The Morgan fingerprint density at radius 3 is 2.78 bits per heavy atom. The van der Waals surface area contributed by atoms with Crippen molar-refractivity contribution < 1.29 is 9.32 Å². The summed E-state index contributed by atoms with van der Waals surface area (Å²) in [5.41, 5.74) is 4.01. The predicted octanol–water partition coefficient (Wildman–Crippen LogP) is 6.27. The number of anilines is 1. The van der Waals surface area contributed by atoms with Crippen LogP contribution < -0.4 is 5.32 Å². The van der Waals surface area contributed by atoms with Crippen LogP contribution in [0.3, 0.4) is 0 Å². The Hall–Kier alpha value is -1.81. The molecule has 3 rings (SSSR count). The number of carbonyl (C=O) groups excluding carboxylic acids is 1. The molecule has 0 saturated heterocycles. The van der Waals surface area contributed by atoms with Crippen molar-refractivity contribution in [2.45, 2.75) is 66.2 Å². The van der Waals surface area contributed by atoms with Gasteiger partial charge in [0.15, 0.2) is 5.76 Å². The average molecular weight is 389 g/mol. The first kappa shape index (κ1) is 19.9. The van der Waals surface area contributed by atoms with Gasteiger partial charge in [-0.15, -0.1) is 0 Å². The number of amides is 1. The van der Waals surface area contributed by atoms with Crippen molar-refractivity contribution in [3.05, 3.63) is 34.5 Å². The molecular formula is C22H29ClN2O2. The topological polar surface area (TPSA) is 55.1 Å². The lowest BCUT2D eigenvalue weighted by Gasteiger charge is -2.22. The van der Waals surface area contributed by atoms with Crippen LogP contribution in [0, 0.1) is 11.3 Å². The van der Waals surface area contributed by atoms with Gasteiger partial charge in [-0.1, -0.05) is 44.5 Å². The molecule has 1 aliphatic rings. The molecule has 1 atom stereocenters. The molecule has 1 heterocycles. The van der Waals surface area contributed by atoms with Crippen molar-refractivity contribution >= 4 is 23.2 Å². The number of nitrogens with zero attached hydrogens (tertiary/aromatic N) is 1. The highest BCUT2D eigenvalue weighted by Crippen LogP contribution is 2.35. The Morgan fingerprint density at radius 1 is 1.30 bits per heavy atom. The van der Waals surface area contributed by atoms with Gasteiger partial charge in [0.2, 0.25) is 5.91 Å². The molecule has 146 valence electrons. The van der Waals surface area contributed by atoms with Gasteiger partial charge in [0.05, 0.1) is 16.4 Å². The second-order valence-electron chi connectivity index (χ2n) is 8.96. The molecule has 0 bridgehead atoms. The average Bonchev–Trinajstić information content (AvgIpc) is 2.99. The lowest BCUT2D eigenvalue weighted by Crippen LogP contribution is -2.19. The number of aromatic nitrogens is 1. The zero-order valence-electron chi connectivity index (χ0n) is 16.7. The maximum Gasteiger partial charge on any atom is 0.224 e.